The number of piperazine rings is 1. The Balaban J connectivity index is 2.40. The molecule has 0 bridgehead atoms. The molecule has 0 aliphatic carbocycles. The highest BCUT2D eigenvalue weighted by Gasteiger charge is 2.30. The second-order valence-electron chi connectivity index (χ2n) is 5.59. The molecular weight excluding hydrogens is 240 g/mol. The van der Waals surface area contributed by atoms with Gasteiger partial charge in [-0.2, -0.15) is 5.10 Å². The predicted molar refractivity (Wildman–Crippen MR) is 77.9 cm³/mol. The number of nitrogen functional groups attached to an aromatic ring is 1. The monoisotopic (exact) mass is 264 g/mol. The Bertz CT molecular complexity index is 480. The van der Waals surface area contributed by atoms with E-state index in [1.807, 2.05) is 18.7 Å². The van der Waals surface area contributed by atoms with Gasteiger partial charge in [0.2, 0.25) is 0 Å². The van der Waals surface area contributed by atoms with Crippen LogP contribution < -0.4 is 10.6 Å². The van der Waals surface area contributed by atoms with E-state index < -0.39 is 0 Å². The van der Waals surface area contributed by atoms with Crippen molar-refractivity contribution in [3.05, 3.63) is 11.3 Å². The fourth-order valence-electron chi connectivity index (χ4n) is 2.90. The Morgan fingerprint density at radius 3 is 2.26 bits per heavy atom. The van der Waals surface area contributed by atoms with Crippen molar-refractivity contribution in [3.63, 3.8) is 0 Å². The highest BCUT2D eigenvalue weighted by molar-refractivity contribution is 6.01. The Morgan fingerprint density at radius 1 is 1.26 bits per heavy atom. The minimum absolute atomic E-state index is 0.0971. The van der Waals surface area contributed by atoms with Crippen LogP contribution in [0, 0.1) is 12.3 Å². The molecule has 6 heteroatoms. The number of hydrogen-bond donors (Lipinski definition) is 2. The number of nitrogens with two attached hydrogens (primary N) is 1. The van der Waals surface area contributed by atoms with E-state index in [4.69, 9.17) is 11.1 Å². The highest BCUT2D eigenvalue weighted by atomic mass is 15.4. The number of hydrogen-bond acceptors (Lipinski definition) is 4. The fraction of sp³-hybridized carbons (Fsp3) is 0.692. The minimum Gasteiger partial charge on any atom is -0.384 e. The van der Waals surface area contributed by atoms with Crippen LogP contribution in [0.5, 0.6) is 0 Å². The van der Waals surface area contributed by atoms with Crippen molar-refractivity contribution < 1.29 is 0 Å². The lowest BCUT2D eigenvalue weighted by Crippen LogP contribution is -2.55. The Morgan fingerprint density at radius 2 is 1.79 bits per heavy atom. The number of aryl methyl sites for hydroxylation is 2. The first-order chi connectivity index (χ1) is 8.82. The Hall–Kier alpha value is -1.56. The van der Waals surface area contributed by atoms with Gasteiger partial charge < -0.3 is 10.6 Å². The summed E-state index contributed by atoms with van der Waals surface area (Å²) in [5.74, 6) is 1.07. The van der Waals surface area contributed by atoms with E-state index in [-0.39, 0.29) is 5.84 Å². The molecular formula is C13H24N6. The quantitative estimate of drug-likeness (QED) is 0.604. The number of aromatic nitrogens is 2. The average molecular weight is 264 g/mol. The first-order valence-corrected chi connectivity index (χ1v) is 6.67. The summed E-state index contributed by atoms with van der Waals surface area (Å²) in [7, 11) is 4.08. The molecule has 0 spiro atoms. The van der Waals surface area contributed by atoms with Crippen LogP contribution in [0.1, 0.15) is 25.1 Å². The van der Waals surface area contributed by atoms with Gasteiger partial charge in [0.15, 0.2) is 0 Å². The third-order valence-corrected chi connectivity index (χ3v) is 4.12. The maximum Gasteiger partial charge on any atom is 0.137 e. The molecule has 0 amide bonds. The summed E-state index contributed by atoms with van der Waals surface area (Å²) in [5.41, 5.74) is 7.32. The van der Waals surface area contributed by atoms with Gasteiger partial charge in [0, 0.05) is 32.2 Å². The van der Waals surface area contributed by atoms with Crippen LogP contribution in [-0.4, -0.2) is 52.7 Å². The van der Waals surface area contributed by atoms with Gasteiger partial charge in [-0.1, -0.05) is 0 Å². The zero-order valence-corrected chi connectivity index (χ0v) is 12.4. The second kappa shape index (κ2) is 4.85. The molecule has 1 fully saturated rings. The normalized spacial score (nSPS) is 24.8. The summed E-state index contributed by atoms with van der Waals surface area (Å²) in [6, 6.07) is 0.942. The van der Waals surface area contributed by atoms with Crippen molar-refractivity contribution in [1.29, 1.82) is 5.41 Å². The lowest BCUT2D eigenvalue weighted by molar-refractivity contribution is 0.169. The van der Waals surface area contributed by atoms with Crippen LogP contribution in [0.4, 0.5) is 5.82 Å². The number of likely N-dealkylation sites (N-methyl/N-ethyl adjacent to an activating group) is 1. The SMILES string of the molecule is Cc1nn(C)c(N2CC(C)N(C)C(C)C2)c1C(=N)N. The number of rotatable bonds is 2. The molecule has 1 aliphatic heterocycles. The molecule has 1 aromatic heterocycles. The molecule has 1 saturated heterocycles. The molecule has 0 saturated carbocycles. The van der Waals surface area contributed by atoms with Crippen LogP contribution in [0.15, 0.2) is 0 Å². The molecule has 106 valence electrons. The third kappa shape index (κ3) is 2.32. The fourth-order valence-corrected chi connectivity index (χ4v) is 2.90. The average Bonchev–Trinajstić information content (AvgIpc) is 2.60. The molecule has 2 rings (SSSR count). The van der Waals surface area contributed by atoms with Gasteiger partial charge in [0.25, 0.3) is 0 Å². The van der Waals surface area contributed by atoms with Crippen molar-refractivity contribution in [2.24, 2.45) is 12.8 Å². The molecule has 0 radical (unpaired) electrons. The van der Waals surface area contributed by atoms with Gasteiger partial charge in [-0.25, -0.2) is 0 Å². The van der Waals surface area contributed by atoms with Crippen molar-refractivity contribution >= 4 is 11.7 Å². The second-order valence-corrected chi connectivity index (χ2v) is 5.59. The van der Waals surface area contributed by atoms with E-state index in [0.29, 0.717) is 12.1 Å². The van der Waals surface area contributed by atoms with Crippen molar-refractivity contribution in [3.8, 4) is 0 Å². The third-order valence-electron chi connectivity index (χ3n) is 4.12. The highest BCUT2D eigenvalue weighted by Crippen LogP contribution is 2.26. The summed E-state index contributed by atoms with van der Waals surface area (Å²) >= 11 is 0. The minimum atomic E-state index is 0.0971. The predicted octanol–water partition coefficient (Wildman–Crippen LogP) is 0.541. The standard InChI is InChI=1S/C13H24N6/c1-8-6-19(7-9(2)17(8)4)13-11(12(14)15)10(3)16-18(13)5/h8-9H,6-7H2,1-5H3,(H3,14,15). The largest absolute Gasteiger partial charge is 0.384 e. The van der Waals surface area contributed by atoms with Gasteiger partial charge in [-0.15, -0.1) is 0 Å². The van der Waals surface area contributed by atoms with E-state index in [1.165, 1.54) is 0 Å². The number of nitrogens with zero attached hydrogens (tertiary/aromatic N) is 4. The number of anilines is 1. The lowest BCUT2D eigenvalue weighted by Gasteiger charge is -2.43. The van der Waals surface area contributed by atoms with Gasteiger partial charge in [0.1, 0.15) is 11.7 Å². The first-order valence-electron chi connectivity index (χ1n) is 6.67. The van der Waals surface area contributed by atoms with Crippen LogP contribution in [0.25, 0.3) is 0 Å². The van der Waals surface area contributed by atoms with Crippen LogP contribution in [-0.2, 0) is 7.05 Å². The molecule has 6 nitrogen and oxygen atoms in total. The zero-order valence-electron chi connectivity index (χ0n) is 12.4. The topological polar surface area (TPSA) is 74.2 Å². The van der Waals surface area contributed by atoms with Crippen LogP contribution in [0.3, 0.4) is 0 Å². The van der Waals surface area contributed by atoms with Crippen LogP contribution in [0.2, 0.25) is 0 Å². The van der Waals surface area contributed by atoms with Crippen molar-refractivity contribution in [2.45, 2.75) is 32.9 Å². The van der Waals surface area contributed by atoms with Crippen molar-refractivity contribution in [1.82, 2.24) is 14.7 Å². The van der Waals surface area contributed by atoms with E-state index >= 15 is 0 Å². The van der Waals surface area contributed by atoms with E-state index in [1.54, 1.807) is 0 Å². The summed E-state index contributed by atoms with van der Waals surface area (Å²) in [6.07, 6.45) is 0. The molecule has 0 aromatic carbocycles. The molecule has 2 heterocycles. The Kier molecular flexibility index (Phi) is 3.54. The molecule has 2 atom stereocenters. The maximum absolute atomic E-state index is 7.78. The summed E-state index contributed by atoms with van der Waals surface area (Å²) in [5, 5.41) is 12.2. The smallest absolute Gasteiger partial charge is 0.137 e. The Labute approximate surface area is 114 Å². The van der Waals surface area contributed by atoms with Gasteiger partial charge >= 0.3 is 0 Å². The van der Waals surface area contributed by atoms with Gasteiger partial charge in [-0.05, 0) is 27.8 Å². The van der Waals surface area contributed by atoms with Gasteiger partial charge in [-0.3, -0.25) is 15.0 Å². The van der Waals surface area contributed by atoms with E-state index in [0.717, 1.165) is 30.2 Å². The molecule has 2 unspecified atom stereocenters. The lowest BCUT2D eigenvalue weighted by atomic mass is 10.1. The van der Waals surface area contributed by atoms with Crippen LogP contribution >= 0.6 is 0 Å². The van der Waals surface area contributed by atoms with E-state index in [9.17, 15) is 0 Å². The summed E-state index contributed by atoms with van der Waals surface area (Å²) < 4.78 is 1.84. The number of amidine groups is 1. The molecule has 1 aliphatic rings. The van der Waals surface area contributed by atoms with E-state index in [2.05, 4.69) is 35.8 Å². The first kappa shape index (κ1) is 13.9. The molecule has 19 heavy (non-hydrogen) atoms. The van der Waals surface area contributed by atoms with Crippen molar-refractivity contribution in [2.75, 3.05) is 25.0 Å². The summed E-state index contributed by atoms with van der Waals surface area (Å²) in [6.45, 7) is 8.21. The summed E-state index contributed by atoms with van der Waals surface area (Å²) in [4.78, 5) is 4.68. The molecule has 1 aromatic rings. The number of nitrogens with one attached hydrogen (secondary N) is 1. The van der Waals surface area contributed by atoms with Gasteiger partial charge in [0.05, 0.1) is 11.3 Å². The molecule has 3 N–H and O–H groups in total. The maximum atomic E-state index is 7.78. The zero-order chi connectivity index (χ0) is 14.3.